The predicted octanol–water partition coefficient (Wildman–Crippen LogP) is 3.93. The fraction of sp³-hybridized carbons (Fsp3) is 0.333. The summed E-state index contributed by atoms with van der Waals surface area (Å²) in [4.78, 5) is 14.4. The molecular formula is C24H27ClN4O. The molecule has 1 amide bonds. The maximum atomic E-state index is 12.8. The largest absolute Gasteiger partial charge is 0.343 e. The summed E-state index contributed by atoms with van der Waals surface area (Å²) in [6.45, 7) is 1.40. The maximum absolute atomic E-state index is 12.8. The Balaban J connectivity index is 1.56. The molecule has 0 radical (unpaired) electrons. The highest BCUT2D eigenvalue weighted by Gasteiger charge is 2.29. The van der Waals surface area contributed by atoms with Crippen molar-refractivity contribution in [1.82, 2.24) is 20.0 Å². The maximum Gasteiger partial charge on any atom is 0.274 e. The zero-order valence-corrected chi connectivity index (χ0v) is 18.2. The van der Waals surface area contributed by atoms with Gasteiger partial charge in [-0.05, 0) is 36.5 Å². The van der Waals surface area contributed by atoms with E-state index >= 15 is 0 Å². The third-order valence-corrected chi connectivity index (χ3v) is 6.04. The SMILES string of the molecule is CN(C)C(=O)c1nn(Cc2ccccc2)c2c1C[C@@H](NCc1ccccc1Cl)CC2. The lowest BCUT2D eigenvalue weighted by Gasteiger charge is -2.25. The van der Waals surface area contributed by atoms with Crippen LogP contribution >= 0.6 is 11.6 Å². The molecule has 1 aliphatic rings. The number of nitrogens with one attached hydrogen (secondary N) is 1. The lowest BCUT2D eigenvalue weighted by Crippen LogP contribution is -2.35. The van der Waals surface area contributed by atoms with Gasteiger partial charge in [0.25, 0.3) is 5.91 Å². The van der Waals surface area contributed by atoms with Gasteiger partial charge < -0.3 is 10.2 Å². The first-order valence-corrected chi connectivity index (χ1v) is 10.7. The van der Waals surface area contributed by atoms with Crippen molar-refractivity contribution in [2.45, 2.75) is 38.4 Å². The molecule has 0 aliphatic heterocycles. The molecule has 0 saturated carbocycles. The Morgan fingerprint density at radius 2 is 1.90 bits per heavy atom. The molecule has 1 aliphatic carbocycles. The van der Waals surface area contributed by atoms with Gasteiger partial charge in [-0.25, -0.2) is 0 Å². The Hall–Kier alpha value is -2.63. The molecule has 4 rings (SSSR count). The highest BCUT2D eigenvalue weighted by atomic mass is 35.5. The van der Waals surface area contributed by atoms with E-state index < -0.39 is 0 Å². The minimum absolute atomic E-state index is 0.0372. The molecule has 1 heterocycles. The van der Waals surface area contributed by atoms with Crippen LogP contribution in [0.25, 0.3) is 0 Å². The molecule has 0 unspecified atom stereocenters. The number of amides is 1. The fourth-order valence-corrected chi connectivity index (χ4v) is 4.23. The second-order valence-corrected chi connectivity index (χ2v) is 8.44. The average molecular weight is 423 g/mol. The molecule has 5 nitrogen and oxygen atoms in total. The van der Waals surface area contributed by atoms with Gasteiger partial charge in [-0.3, -0.25) is 9.48 Å². The van der Waals surface area contributed by atoms with Crippen molar-refractivity contribution in [2.75, 3.05) is 14.1 Å². The van der Waals surface area contributed by atoms with Crippen LogP contribution in [-0.4, -0.2) is 40.7 Å². The Kier molecular flexibility index (Phi) is 6.21. The summed E-state index contributed by atoms with van der Waals surface area (Å²) >= 11 is 6.30. The molecule has 30 heavy (non-hydrogen) atoms. The number of carbonyl (C=O) groups is 1. The van der Waals surface area contributed by atoms with Gasteiger partial charge >= 0.3 is 0 Å². The van der Waals surface area contributed by atoms with Crippen LogP contribution in [0.5, 0.6) is 0 Å². The van der Waals surface area contributed by atoms with Crippen LogP contribution in [0.2, 0.25) is 5.02 Å². The standard InChI is InChI=1S/C24H27ClN4O/c1-28(2)24(30)23-20-14-19(26-15-18-10-6-7-11-21(18)25)12-13-22(20)29(27-23)16-17-8-4-3-5-9-17/h3-11,19,26H,12-16H2,1-2H3/t19-/m0/s1. The van der Waals surface area contributed by atoms with Gasteiger partial charge in [-0.1, -0.05) is 60.1 Å². The zero-order chi connectivity index (χ0) is 21.1. The van der Waals surface area contributed by atoms with Crippen LogP contribution < -0.4 is 5.32 Å². The van der Waals surface area contributed by atoms with Crippen LogP contribution in [0.3, 0.4) is 0 Å². The number of hydrogen-bond donors (Lipinski definition) is 1. The quantitative estimate of drug-likeness (QED) is 0.654. The zero-order valence-electron chi connectivity index (χ0n) is 17.4. The molecule has 0 saturated heterocycles. The smallest absolute Gasteiger partial charge is 0.274 e. The van der Waals surface area contributed by atoms with Crippen LogP contribution in [0.4, 0.5) is 0 Å². The van der Waals surface area contributed by atoms with Crippen molar-refractivity contribution in [3.8, 4) is 0 Å². The molecule has 3 aromatic rings. The van der Waals surface area contributed by atoms with Gasteiger partial charge in [-0.2, -0.15) is 5.10 Å². The minimum Gasteiger partial charge on any atom is -0.343 e. The summed E-state index contributed by atoms with van der Waals surface area (Å²) in [7, 11) is 3.56. The van der Waals surface area contributed by atoms with E-state index in [0.717, 1.165) is 42.0 Å². The Morgan fingerprint density at radius 1 is 1.17 bits per heavy atom. The normalized spacial score (nSPS) is 15.6. The summed E-state index contributed by atoms with van der Waals surface area (Å²) in [5.41, 5.74) is 5.11. The Labute approximate surface area is 182 Å². The molecule has 1 N–H and O–H groups in total. The van der Waals surface area contributed by atoms with Crippen molar-refractivity contribution in [1.29, 1.82) is 0 Å². The summed E-state index contributed by atoms with van der Waals surface area (Å²) in [6, 6.07) is 18.5. The number of halogens is 1. The van der Waals surface area contributed by atoms with E-state index in [0.29, 0.717) is 12.2 Å². The number of aromatic nitrogens is 2. The van der Waals surface area contributed by atoms with Crippen LogP contribution in [0.15, 0.2) is 54.6 Å². The fourth-order valence-electron chi connectivity index (χ4n) is 4.03. The third kappa shape index (κ3) is 4.42. The number of nitrogens with zero attached hydrogens (tertiary/aromatic N) is 3. The van der Waals surface area contributed by atoms with E-state index in [1.165, 1.54) is 11.3 Å². The Morgan fingerprint density at radius 3 is 2.63 bits per heavy atom. The predicted molar refractivity (Wildman–Crippen MR) is 120 cm³/mol. The number of hydrogen-bond acceptors (Lipinski definition) is 3. The van der Waals surface area contributed by atoms with E-state index in [9.17, 15) is 4.79 Å². The molecule has 6 heteroatoms. The first-order valence-electron chi connectivity index (χ1n) is 10.3. The lowest BCUT2D eigenvalue weighted by atomic mass is 9.91. The van der Waals surface area contributed by atoms with Gasteiger partial charge in [-0.15, -0.1) is 0 Å². The van der Waals surface area contributed by atoms with Gasteiger partial charge in [0, 0.05) is 43.0 Å². The van der Waals surface area contributed by atoms with Crippen molar-refractivity contribution in [3.63, 3.8) is 0 Å². The summed E-state index contributed by atoms with van der Waals surface area (Å²) in [5, 5.41) is 9.16. The number of benzene rings is 2. The second-order valence-electron chi connectivity index (χ2n) is 8.03. The van der Waals surface area contributed by atoms with Crippen LogP contribution in [-0.2, 0) is 25.9 Å². The van der Waals surface area contributed by atoms with E-state index in [2.05, 4.69) is 17.4 Å². The Bertz CT molecular complexity index is 1030. The van der Waals surface area contributed by atoms with E-state index in [1.54, 1.807) is 19.0 Å². The summed E-state index contributed by atoms with van der Waals surface area (Å²) in [6.07, 6.45) is 2.70. The van der Waals surface area contributed by atoms with E-state index in [-0.39, 0.29) is 11.9 Å². The van der Waals surface area contributed by atoms with Gasteiger partial charge in [0.15, 0.2) is 5.69 Å². The van der Waals surface area contributed by atoms with Crippen molar-refractivity contribution >= 4 is 17.5 Å². The summed E-state index contributed by atoms with van der Waals surface area (Å²) < 4.78 is 2.02. The summed E-state index contributed by atoms with van der Waals surface area (Å²) in [5.74, 6) is -0.0372. The molecule has 2 aromatic carbocycles. The molecule has 0 spiro atoms. The van der Waals surface area contributed by atoms with Gasteiger partial charge in [0.1, 0.15) is 0 Å². The highest BCUT2D eigenvalue weighted by Crippen LogP contribution is 2.27. The number of carbonyl (C=O) groups excluding carboxylic acids is 1. The second kappa shape index (κ2) is 9.02. The van der Waals surface area contributed by atoms with Crippen LogP contribution in [0, 0.1) is 0 Å². The topological polar surface area (TPSA) is 50.2 Å². The lowest BCUT2D eigenvalue weighted by molar-refractivity contribution is 0.0820. The molecule has 0 bridgehead atoms. The molecule has 1 atom stereocenters. The van der Waals surface area contributed by atoms with E-state index in [1.807, 2.05) is 47.1 Å². The number of fused-ring (bicyclic) bond motifs is 1. The van der Waals surface area contributed by atoms with E-state index in [4.69, 9.17) is 16.7 Å². The van der Waals surface area contributed by atoms with Crippen molar-refractivity contribution in [3.05, 3.63) is 87.7 Å². The molecule has 0 fully saturated rings. The van der Waals surface area contributed by atoms with Crippen molar-refractivity contribution in [2.24, 2.45) is 0 Å². The van der Waals surface area contributed by atoms with Gasteiger partial charge in [0.2, 0.25) is 0 Å². The molecule has 156 valence electrons. The highest BCUT2D eigenvalue weighted by molar-refractivity contribution is 6.31. The van der Waals surface area contributed by atoms with Crippen molar-refractivity contribution < 1.29 is 4.79 Å². The number of rotatable bonds is 6. The average Bonchev–Trinajstić information content (AvgIpc) is 3.11. The van der Waals surface area contributed by atoms with Crippen LogP contribution in [0.1, 0.15) is 39.3 Å². The molecule has 1 aromatic heterocycles. The first kappa shape index (κ1) is 20.6. The monoisotopic (exact) mass is 422 g/mol. The first-order chi connectivity index (χ1) is 14.5. The minimum atomic E-state index is -0.0372. The third-order valence-electron chi connectivity index (χ3n) is 5.67. The van der Waals surface area contributed by atoms with Gasteiger partial charge in [0.05, 0.1) is 6.54 Å². The molecular weight excluding hydrogens is 396 g/mol.